The number of fused-ring (bicyclic) bond motifs is 2. The highest BCUT2D eigenvalue weighted by atomic mass is 35.5. The maximum atomic E-state index is 12.8. The van der Waals surface area contributed by atoms with Crippen LogP contribution in [0, 0.1) is 11.8 Å². The number of nitrogens with zero attached hydrogens (tertiary/aromatic N) is 1. The second-order valence-electron chi connectivity index (χ2n) is 7.35. The first-order valence-electron chi connectivity index (χ1n) is 9.03. The Morgan fingerprint density at radius 1 is 1.25 bits per heavy atom. The maximum Gasteiger partial charge on any atom is 0.243 e. The van der Waals surface area contributed by atoms with E-state index in [9.17, 15) is 9.59 Å². The van der Waals surface area contributed by atoms with Gasteiger partial charge in [-0.15, -0.1) is 24.2 Å². The van der Waals surface area contributed by atoms with Gasteiger partial charge in [-0.2, -0.15) is 0 Å². The average Bonchev–Trinajstić information content (AvgIpc) is 2.98. The number of carbonyl (C=O) groups excluding carboxylic acids is 2. The molecule has 3 N–H and O–H groups in total. The summed E-state index contributed by atoms with van der Waals surface area (Å²) in [6, 6.07) is 0.281. The van der Waals surface area contributed by atoms with Crippen molar-refractivity contribution < 1.29 is 9.59 Å². The van der Waals surface area contributed by atoms with E-state index in [4.69, 9.17) is 5.73 Å². The summed E-state index contributed by atoms with van der Waals surface area (Å²) in [6.07, 6.45) is 7.03. The van der Waals surface area contributed by atoms with Crippen LogP contribution < -0.4 is 11.1 Å². The third kappa shape index (κ3) is 4.20. The molecule has 2 bridgehead atoms. The molecule has 0 aromatic carbocycles. The van der Waals surface area contributed by atoms with E-state index in [1.54, 1.807) is 16.7 Å². The van der Waals surface area contributed by atoms with Crippen LogP contribution in [0.2, 0.25) is 0 Å². The van der Waals surface area contributed by atoms with Crippen molar-refractivity contribution >= 4 is 36.0 Å². The zero-order valence-corrected chi connectivity index (χ0v) is 16.0. The molecule has 1 heterocycles. The summed E-state index contributed by atoms with van der Waals surface area (Å²) >= 11 is 1.68. The van der Waals surface area contributed by atoms with Crippen molar-refractivity contribution in [3.63, 3.8) is 0 Å². The Hall–Kier alpha value is -0.460. The summed E-state index contributed by atoms with van der Waals surface area (Å²) in [5, 5.41) is 3.31. The van der Waals surface area contributed by atoms with Crippen molar-refractivity contribution in [3.8, 4) is 0 Å². The fourth-order valence-corrected chi connectivity index (χ4v) is 5.73. The van der Waals surface area contributed by atoms with Crippen molar-refractivity contribution in [1.29, 1.82) is 0 Å². The monoisotopic (exact) mass is 375 g/mol. The molecule has 0 radical (unpaired) electrons. The molecule has 3 atom stereocenters. The number of hydrogen-bond donors (Lipinski definition) is 2. The molecule has 2 saturated carbocycles. The molecule has 138 valence electrons. The quantitative estimate of drug-likeness (QED) is 0.789. The lowest BCUT2D eigenvalue weighted by molar-refractivity contribution is -0.139. The molecular formula is C17H30ClN3O2S. The molecule has 3 rings (SSSR count). The first kappa shape index (κ1) is 19.9. The molecule has 2 aliphatic carbocycles. The van der Waals surface area contributed by atoms with Gasteiger partial charge in [0.2, 0.25) is 11.8 Å². The third-order valence-corrected chi connectivity index (χ3v) is 6.67. The molecule has 0 aromatic rings. The van der Waals surface area contributed by atoms with Gasteiger partial charge in [0, 0.05) is 24.3 Å². The summed E-state index contributed by atoms with van der Waals surface area (Å²) in [6.45, 7) is 2.00. The lowest BCUT2D eigenvalue weighted by Gasteiger charge is -2.45. The molecule has 1 aliphatic heterocycles. The van der Waals surface area contributed by atoms with Gasteiger partial charge in [0.25, 0.3) is 0 Å². The van der Waals surface area contributed by atoms with E-state index in [2.05, 4.69) is 5.32 Å². The Kier molecular flexibility index (Phi) is 7.25. The number of halogens is 1. The predicted octanol–water partition coefficient (Wildman–Crippen LogP) is 2.13. The molecule has 2 amide bonds. The maximum absolute atomic E-state index is 12.8. The first-order chi connectivity index (χ1) is 11.1. The molecule has 3 unspecified atom stereocenters. The van der Waals surface area contributed by atoms with Gasteiger partial charge < -0.3 is 16.0 Å². The van der Waals surface area contributed by atoms with Gasteiger partial charge in [0.05, 0.1) is 5.88 Å². The van der Waals surface area contributed by atoms with Crippen molar-refractivity contribution in [3.05, 3.63) is 0 Å². The van der Waals surface area contributed by atoms with E-state index in [0.717, 1.165) is 25.0 Å². The van der Waals surface area contributed by atoms with Crippen LogP contribution in [0.15, 0.2) is 0 Å². The van der Waals surface area contributed by atoms with Crippen LogP contribution in [0.3, 0.4) is 0 Å². The van der Waals surface area contributed by atoms with E-state index < -0.39 is 0 Å². The average molecular weight is 376 g/mol. The Bertz CT molecular complexity index is 451. The Morgan fingerprint density at radius 3 is 2.54 bits per heavy atom. The molecule has 7 heteroatoms. The molecular weight excluding hydrogens is 346 g/mol. The number of thioether (sulfide) groups is 1. The molecule has 0 aromatic heterocycles. The minimum Gasteiger partial charge on any atom is -0.351 e. The van der Waals surface area contributed by atoms with Crippen molar-refractivity contribution in [2.45, 2.75) is 70.0 Å². The fraction of sp³-hybridized carbons (Fsp3) is 0.882. The molecule has 24 heavy (non-hydrogen) atoms. The van der Waals surface area contributed by atoms with Crippen LogP contribution in [-0.4, -0.2) is 46.5 Å². The van der Waals surface area contributed by atoms with Crippen molar-refractivity contribution in [1.82, 2.24) is 10.2 Å². The first-order valence-corrected chi connectivity index (χ1v) is 10.2. The van der Waals surface area contributed by atoms with E-state index in [0.29, 0.717) is 30.2 Å². The lowest BCUT2D eigenvalue weighted by Crippen LogP contribution is -2.57. The van der Waals surface area contributed by atoms with Gasteiger partial charge in [-0.25, -0.2) is 0 Å². The molecule has 3 fully saturated rings. The highest BCUT2D eigenvalue weighted by Crippen LogP contribution is 2.39. The van der Waals surface area contributed by atoms with E-state index in [1.165, 1.54) is 19.3 Å². The Morgan fingerprint density at radius 2 is 1.92 bits per heavy atom. The van der Waals surface area contributed by atoms with E-state index >= 15 is 0 Å². The highest BCUT2D eigenvalue weighted by molar-refractivity contribution is 7.99. The van der Waals surface area contributed by atoms with Crippen LogP contribution in [0.5, 0.6) is 0 Å². The zero-order valence-electron chi connectivity index (χ0n) is 14.4. The predicted molar refractivity (Wildman–Crippen MR) is 100 cm³/mol. The van der Waals surface area contributed by atoms with Crippen LogP contribution >= 0.6 is 24.2 Å². The molecule has 1 saturated heterocycles. The number of hydrogen-bond acceptors (Lipinski definition) is 4. The lowest BCUT2D eigenvalue weighted by atomic mass is 9.67. The summed E-state index contributed by atoms with van der Waals surface area (Å²) in [5.74, 6) is 2.59. The van der Waals surface area contributed by atoms with E-state index in [1.807, 2.05) is 6.92 Å². The number of nitrogens with one attached hydrogen (secondary N) is 1. The van der Waals surface area contributed by atoms with Gasteiger partial charge in [-0.05, 0) is 43.9 Å². The number of nitrogens with two attached hydrogens (primary N) is 1. The number of rotatable bonds is 4. The SMILES string of the molecule is CCCC(=O)N1CSCC1C(=O)NC1C2CCCC1CC(N)C2.Cl. The minimum atomic E-state index is -0.282. The van der Waals surface area contributed by atoms with Gasteiger partial charge in [-0.1, -0.05) is 13.3 Å². The molecule has 5 nitrogen and oxygen atoms in total. The second-order valence-corrected chi connectivity index (χ2v) is 8.35. The van der Waals surface area contributed by atoms with Crippen molar-refractivity contribution in [2.24, 2.45) is 17.6 Å². The molecule has 0 spiro atoms. The smallest absolute Gasteiger partial charge is 0.243 e. The Balaban J connectivity index is 0.00000208. The number of amides is 2. The zero-order chi connectivity index (χ0) is 16.4. The molecule has 3 aliphatic rings. The van der Waals surface area contributed by atoms with E-state index in [-0.39, 0.29) is 36.3 Å². The fourth-order valence-electron chi connectivity index (χ4n) is 4.55. The van der Waals surface area contributed by atoms with Gasteiger partial charge in [0.15, 0.2) is 0 Å². The number of carbonyl (C=O) groups is 2. The van der Waals surface area contributed by atoms with Crippen LogP contribution in [0.25, 0.3) is 0 Å². The Labute approximate surface area is 155 Å². The van der Waals surface area contributed by atoms with Gasteiger partial charge >= 0.3 is 0 Å². The van der Waals surface area contributed by atoms with Crippen LogP contribution in [-0.2, 0) is 9.59 Å². The topological polar surface area (TPSA) is 75.4 Å². The van der Waals surface area contributed by atoms with Crippen LogP contribution in [0.1, 0.15) is 51.9 Å². The standard InChI is InChI=1S/C17H29N3O2S.ClH/c1-2-4-15(21)20-10-23-9-14(20)17(22)19-16-11-5-3-6-12(16)8-13(18)7-11;/h11-14,16H,2-10,18H2,1H3,(H,19,22);1H. The summed E-state index contributed by atoms with van der Waals surface area (Å²) in [4.78, 5) is 26.8. The third-order valence-electron chi connectivity index (χ3n) is 5.65. The van der Waals surface area contributed by atoms with Gasteiger partial charge in [-0.3, -0.25) is 9.59 Å². The minimum absolute atomic E-state index is 0. The highest BCUT2D eigenvalue weighted by Gasteiger charge is 2.42. The largest absolute Gasteiger partial charge is 0.351 e. The normalized spacial score (nSPS) is 35.2. The summed E-state index contributed by atoms with van der Waals surface area (Å²) < 4.78 is 0. The summed E-state index contributed by atoms with van der Waals surface area (Å²) in [5.41, 5.74) is 6.17. The van der Waals surface area contributed by atoms with Gasteiger partial charge in [0.1, 0.15) is 6.04 Å². The summed E-state index contributed by atoms with van der Waals surface area (Å²) in [7, 11) is 0. The second kappa shape index (κ2) is 8.77. The van der Waals surface area contributed by atoms with Crippen LogP contribution in [0.4, 0.5) is 0 Å². The van der Waals surface area contributed by atoms with Crippen molar-refractivity contribution in [2.75, 3.05) is 11.6 Å².